The molecule has 0 spiro atoms. The molecule has 2 atom stereocenters. The van der Waals surface area contributed by atoms with Crippen LogP contribution in [-0.2, 0) is 0 Å². The molecule has 2 aromatic heterocycles. The fraction of sp³-hybridized carbons (Fsp3) is 0.290. The molecule has 0 aliphatic carbocycles. The third kappa shape index (κ3) is 4.62. The maximum absolute atomic E-state index is 5.92. The fourth-order valence-corrected chi connectivity index (χ4v) is 5.89. The van der Waals surface area contributed by atoms with Gasteiger partial charge in [0.1, 0.15) is 0 Å². The van der Waals surface area contributed by atoms with Crippen LogP contribution in [0, 0.1) is 20.8 Å². The van der Waals surface area contributed by atoms with Crippen molar-refractivity contribution in [3.05, 3.63) is 107 Å². The van der Waals surface area contributed by atoms with Crippen molar-refractivity contribution in [2.24, 2.45) is 0 Å². The summed E-state index contributed by atoms with van der Waals surface area (Å²) in [6.07, 6.45) is 1.85. The number of anilines is 2. The molecule has 0 unspecified atom stereocenters. The zero-order valence-electron chi connectivity index (χ0n) is 22.3. The second-order valence-corrected chi connectivity index (χ2v) is 10.1. The van der Waals surface area contributed by atoms with E-state index >= 15 is 0 Å². The molecule has 190 valence electrons. The Hall–Kier alpha value is -3.64. The molecule has 37 heavy (non-hydrogen) atoms. The van der Waals surface area contributed by atoms with Crippen LogP contribution in [0.15, 0.2) is 79.0 Å². The van der Waals surface area contributed by atoms with Crippen molar-refractivity contribution < 1.29 is 0 Å². The van der Waals surface area contributed by atoms with E-state index in [1.54, 1.807) is 0 Å². The van der Waals surface area contributed by atoms with Gasteiger partial charge in [0.25, 0.3) is 0 Å². The van der Waals surface area contributed by atoms with Crippen LogP contribution in [0.1, 0.15) is 54.1 Å². The number of hydrogen-bond donors (Lipinski definition) is 1. The van der Waals surface area contributed by atoms with Gasteiger partial charge in [-0.1, -0.05) is 23.8 Å². The van der Waals surface area contributed by atoms with Crippen molar-refractivity contribution in [3.8, 4) is 5.69 Å². The fourth-order valence-electron chi connectivity index (χ4n) is 5.54. The summed E-state index contributed by atoms with van der Waals surface area (Å²) < 4.78 is 2.35. The van der Waals surface area contributed by atoms with E-state index in [2.05, 4.69) is 115 Å². The Bertz CT molecular complexity index is 1370. The highest BCUT2D eigenvalue weighted by atomic mass is 32.1. The number of aromatic nitrogens is 2. The number of benzene rings is 2. The molecule has 3 heterocycles. The summed E-state index contributed by atoms with van der Waals surface area (Å²) in [5.74, 6) is 0. The topological polar surface area (TPSA) is 36.3 Å². The van der Waals surface area contributed by atoms with Gasteiger partial charge < -0.3 is 19.7 Å². The first-order valence-corrected chi connectivity index (χ1v) is 13.4. The lowest BCUT2D eigenvalue weighted by atomic mass is 9.96. The molecule has 0 saturated carbocycles. The lowest BCUT2D eigenvalue weighted by Gasteiger charge is -2.28. The molecule has 1 aliphatic heterocycles. The van der Waals surface area contributed by atoms with Crippen LogP contribution >= 0.6 is 12.2 Å². The quantitative estimate of drug-likeness (QED) is 0.277. The van der Waals surface area contributed by atoms with Gasteiger partial charge in [0.15, 0.2) is 5.11 Å². The molecule has 5 nitrogen and oxygen atoms in total. The predicted octanol–water partition coefficient (Wildman–Crippen LogP) is 6.82. The van der Waals surface area contributed by atoms with Crippen molar-refractivity contribution in [1.82, 2.24) is 14.9 Å². The molecule has 0 radical (unpaired) electrons. The monoisotopic (exact) mass is 509 g/mol. The predicted molar refractivity (Wildman–Crippen MR) is 158 cm³/mol. The van der Waals surface area contributed by atoms with Crippen molar-refractivity contribution in [3.63, 3.8) is 0 Å². The van der Waals surface area contributed by atoms with Gasteiger partial charge in [0.05, 0.1) is 17.8 Å². The van der Waals surface area contributed by atoms with Crippen LogP contribution < -0.4 is 15.1 Å². The maximum atomic E-state index is 5.92. The normalized spacial score (nSPS) is 17.2. The zero-order chi connectivity index (χ0) is 26.1. The van der Waals surface area contributed by atoms with Crippen LogP contribution in [0.3, 0.4) is 0 Å². The van der Waals surface area contributed by atoms with E-state index in [9.17, 15) is 0 Å². The summed E-state index contributed by atoms with van der Waals surface area (Å²) in [5, 5.41) is 4.31. The number of hydrogen-bond acceptors (Lipinski definition) is 3. The minimum Gasteiger partial charge on any atom is -0.372 e. The molecule has 1 fully saturated rings. The van der Waals surface area contributed by atoms with Gasteiger partial charge in [-0.05, 0) is 107 Å². The third-order valence-electron chi connectivity index (χ3n) is 7.44. The Balaban J connectivity index is 1.61. The van der Waals surface area contributed by atoms with Crippen LogP contribution in [0.4, 0.5) is 11.4 Å². The summed E-state index contributed by atoms with van der Waals surface area (Å²) in [5.41, 5.74) is 9.37. The third-order valence-corrected chi connectivity index (χ3v) is 7.75. The Labute approximate surface area is 225 Å². The number of pyridine rings is 1. The smallest absolute Gasteiger partial charge is 0.174 e. The lowest BCUT2D eigenvalue weighted by Crippen LogP contribution is -2.29. The summed E-state index contributed by atoms with van der Waals surface area (Å²) in [6.45, 7) is 12.9. The Morgan fingerprint density at radius 1 is 0.892 bits per heavy atom. The van der Waals surface area contributed by atoms with Crippen LogP contribution in [0.2, 0.25) is 0 Å². The standard InChI is InChI=1S/C31H35N5S/c1-6-34(7-2)24-15-17-25(18-16-24)35-22(4)20-27(23(35)5)30-29(28-10-8-9-19-32-28)33-31(37)36(30)26-13-11-21(3)12-14-26/h8-20,29-30H,6-7H2,1-5H3,(H,33,37)/t29-,30+/m0/s1. The van der Waals surface area contributed by atoms with Crippen molar-refractivity contribution in [1.29, 1.82) is 0 Å². The Morgan fingerprint density at radius 2 is 1.57 bits per heavy atom. The zero-order valence-corrected chi connectivity index (χ0v) is 23.1. The van der Waals surface area contributed by atoms with Crippen molar-refractivity contribution in [2.45, 2.75) is 46.7 Å². The van der Waals surface area contributed by atoms with E-state index in [1.165, 1.54) is 33.9 Å². The van der Waals surface area contributed by atoms with Gasteiger partial charge in [0.2, 0.25) is 0 Å². The summed E-state index contributed by atoms with van der Waals surface area (Å²) in [7, 11) is 0. The highest BCUT2D eigenvalue weighted by molar-refractivity contribution is 7.80. The SMILES string of the molecule is CCN(CC)c1ccc(-n2c(C)cc([C@@H]3[C@H](c4ccccn4)NC(=S)N3c3ccc(C)cc3)c2C)cc1. The molecule has 6 heteroatoms. The van der Waals surface area contributed by atoms with Crippen LogP contribution in [0.25, 0.3) is 5.69 Å². The minimum atomic E-state index is -0.0611. The number of nitrogens with one attached hydrogen (secondary N) is 1. The second-order valence-electron chi connectivity index (χ2n) is 9.68. The molecule has 0 bridgehead atoms. The maximum Gasteiger partial charge on any atom is 0.174 e. The van der Waals surface area contributed by atoms with Gasteiger partial charge in [-0.3, -0.25) is 4.98 Å². The Morgan fingerprint density at radius 3 is 2.19 bits per heavy atom. The first kappa shape index (κ1) is 25.0. The Kier molecular flexibility index (Phi) is 7.02. The van der Waals surface area contributed by atoms with E-state index in [0.29, 0.717) is 0 Å². The summed E-state index contributed by atoms with van der Waals surface area (Å²) >= 11 is 5.92. The minimum absolute atomic E-state index is 0.0278. The van der Waals surface area contributed by atoms with E-state index < -0.39 is 0 Å². The molecule has 1 aliphatic rings. The van der Waals surface area contributed by atoms with Gasteiger partial charge in [-0.2, -0.15) is 0 Å². The average molecular weight is 510 g/mol. The first-order valence-electron chi connectivity index (χ1n) is 13.0. The first-order chi connectivity index (χ1) is 17.9. The van der Waals surface area contributed by atoms with Gasteiger partial charge in [-0.15, -0.1) is 0 Å². The van der Waals surface area contributed by atoms with Gasteiger partial charge >= 0.3 is 0 Å². The summed E-state index contributed by atoms with van der Waals surface area (Å²) in [4.78, 5) is 9.33. The van der Waals surface area contributed by atoms with Crippen LogP contribution in [-0.4, -0.2) is 27.8 Å². The number of thiocarbonyl (C=S) groups is 1. The van der Waals surface area contributed by atoms with Gasteiger partial charge in [-0.25, -0.2) is 0 Å². The number of nitrogens with zero attached hydrogens (tertiary/aromatic N) is 4. The average Bonchev–Trinajstić information content (AvgIpc) is 3.41. The highest BCUT2D eigenvalue weighted by Crippen LogP contribution is 2.43. The molecule has 5 rings (SSSR count). The van der Waals surface area contributed by atoms with E-state index in [0.717, 1.165) is 29.6 Å². The summed E-state index contributed by atoms with van der Waals surface area (Å²) in [6, 6.07) is 25.8. The second kappa shape index (κ2) is 10.4. The molecule has 4 aromatic rings. The number of aryl methyl sites for hydroxylation is 2. The van der Waals surface area contributed by atoms with E-state index in [-0.39, 0.29) is 12.1 Å². The molecule has 2 aromatic carbocycles. The molecule has 1 N–H and O–H groups in total. The molecular weight excluding hydrogens is 474 g/mol. The van der Waals surface area contributed by atoms with E-state index in [1.807, 2.05) is 18.3 Å². The molecular formula is C31H35N5S. The van der Waals surface area contributed by atoms with Crippen LogP contribution in [0.5, 0.6) is 0 Å². The number of rotatable bonds is 7. The largest absolute Gasteiger partial charge is 0.372 e. The van der Waals surface area contributed by atoms with Crippen molar-refractivity contribution >= 4 is 28.7 Å². The van der Waals surface area contributed by atoms with Gasteiger partial charge in [0, 0.05) is 47.7 Å². The molecule has 0 amide bonds. The van der Waals surface area contributed by atoms with Crippen molar-refractivity contribution in [2.75, 3.05) is 22.9 Å². The van der Waals surface area contributed by atoms with E-state index in [4.69, 9.17) is 17.2 Å². The highest BCUT2D eigenvalue weighted by Gasteiger charge is 2.42. The molecule has 1 saturated heterocycles. The lowest BCUT2D eigenvalue weighted by molar-refractivity contribution is 0.565.